The predicted molar refractivity (Wildman–Crippen MR) is 188 cm³/mol. The summed E-state index contributed by atoms with van der Waals surface area (Å²) >= 11 is 5.96. The number of nitrogens with one attached hydrogen (secondary N) is 1. The van der Waals surface area contributed by atoms with Crippen LogP contribution in [0.1, 0.15) is 88.6 Å². The summed E-state index contributed by atoms with van der Waals surface area (Å²) in [6, 6.07) is 12.8. The first-order chi connectivity index (χ1) is 22.5. The number of amides is 2. The first-order valence-corrected chi connectivity index (χ1v) is 18.1. The Kier molecular flexibility index (Phi) is 17.0. The van der Waals surface area contributed by atoms with Crippen LogP contribution in [0.3, 0.4) is 0 Å². The van der Waals surface area contributed by atoms with E-state index in [1.165, 1.54) is 11.9 Å². The van der Waals surface area contributed by atoms with Crippen molar-refractivity contribution in [2.45, 2.75) is 84.2 Å². The molecule has 0 saturated carbocycles. The van der Waals surface area contributed by atoms with Crippen LogP contribution >= 0.6 is 11.6 Å². The Morgan fingerprint density at radius 3 is 2.24 bits per heavy atom. The molecule has 1 heterocycles. The van der Waals surface area contributed by atoms with E-state index in [9.17, 15) is 27.6 Å². The van der Waals surface area contributed by atoms with E-state index in [1.54, 1.807) is 18.3 Å². The maximum Gasteiger partial charge on any atom is 1.00 e. The van der Waals surface area contributed by atoms with E-state index in [-0.39, 0.29) is 86.4 Å². The summed E-state index contributed by atoms with van der Waals surface area (Å²) in [5.74, 6) is -1.44. The van der Waals surface area contributed by atoms with Crippen molar-refractivity contribution in [2.75, 3.05) is 26.0 Å². The van der Waals surface area contributed by atoms with Gasteiger partial charge in [0.2, 0.25) is 11.3 Å². The van der Waals surface area contributed by atoms with Crippen molar-refractivity contribution in [2.24, 2.45) is 0 Å². The molecule has 0 radical (unpaired) electrons. The zero-order valence-corrected chi connectivity index (χ0v) is 32.7. The number of carbonyl (C=O) groups is 3. The Labute approximate surface area is 317 Å². The van der Waals surface area contributed by atoms with Crippen LogP contribution < -0.4 is 40.3 Å². The zero-order chi connectivity index (χ0) is 35.5. The van der Waals surface area contributed by atoms with Crippen molar-refractivity contribution in [1.29, 1.82) is 0 Å². The third-order valence-electron chi connectivity index (χ3n) is 7.91. The number of benzene rings is 2. The fourth-order valence-electron chi connectivity index (χ4n) is 5.13. The average molecular weight is 728 g/mol. The van der Waals surface area contributed by atoms with E-state index < -0.39 is 27.3 Å². The van der Waals surface area contributed by atoms with Gasteiger partial charge in [0, 0.05) is 55.1 Å². The van der Waals surface area contributed by atoms with Gasteiger partial charge in [0.25, 0.3) is 16.0 Å². The van der Waals surface area contributed by atoms with Gasteiger partial charge in [-0.2, -0.15) is 8.42 Å². The molecule has 49 heavy (non-hydrogen) atoms. The Hall–Kier alpha value is -2.74. The first-order valence-electron chi connectivity index (χ1n) is 16.1. The molecule has 264 valence electrons. The van der Waals surface area contributed by atoms with Crippen LogP contribution in [0, 0.1) is 0 Å². The molecule has 0 spiro atoms. The van der Waals surface area contributed by atoms with E-state index in [2.05, 4.69) is 5.32 Å². The Morgan fingerprint density at radius 2 is 1.61 bits per heavy atom. The molecule has 0 aliphatic carbocycles. The molecule has 0 aliphatic rings. The second-order valence-electron chi connectivity index (χ2n) is 12.9. The average Bonchev–Trinajstić information content (AvgIpc) is 3.02. The number of halogens is 1. The molecular formula is C35H47ClN3NaO8S. The van der Waals surface area contributed by atoms with Gasteiger partial charge in [-0.15, -0.1) is 0 Å². The normalized spacial score (nSPS) is 11.6. The van der Waals surface area contributed by atoms with Crippen LogP contribution in [0.5, 0.6) is 0 Å². The minimum absolute atomic E-state index is 0. The van der Waals surface area contributed by atoms with E-state index in [1.807, 2.05) is 55.7 Å². The largest absolute Gasteiger partial charge is 1.00 e. The summed E-state index contributed by atoms with van der Waals surface area (Å²) in [6.07, 6.45) is 6.06. The molecule has 2 amide bonds. The third kappa shape index (κ3) is 14.2. The first kappa shape index (κ1) is 42.4. The fraction of sp³-hybridized carbons (Fsp3) is 0.486. The number of hydrogen-bond acceptors (Lipinski definition) is 7. The molecule has 11 nitrogen and oxygen atoms in total. The van der Waals surface area contributed by atoms with Crippen LogP contribution in [0.4, 0.5) is 0 Å². The van der Waals surface area contributed by atoms with Crippen LogP contribution in [0.25, 0.3) is 10.9 Å². The van der Waals surface area contributed by atoms with Crippen LogP contribution in [0.2, 0.25) is 5.02 Å². The van der Waals surface area contributed by atoms with E-state index in [0.29, 0.717) is 36.1 Å². The van der Waals surface area contributed by atoms with Gasteiger partial charge < -0.3 is 20.9 Å². The number of nitrogens with zero attached hydrogens (tertiary/aromatic N) is 2. The van der Waals surface area contributed by atoms with Crippen molar-refractivity contribution < 1.29 is 63.1 Å². The Bertz CT molecular complexity index is 1760. The predicted octanol–water partition coefficient (Wildman–Crippen LogP) is 2.62. The second kappa shape index (κ2) is 19.6. The van der Waals surface area contributed by atoms with Gasteiger partial charge in [-0.3, -0.25) is 23.7 Å². The summed E-state index contributed by atoms with van der Waals surface area (Å²) in [6.45, 7) is 6.45. The van der Waals surface area contributed by atoms with Gasteiger partial charge in [0.15, 0.2) is 0 Å². The smallest absolute Gasteiger partial charge is 1.00 e. The number of unbranched alkanes of at least 4 members (excludes halogenated alkanes) is 3. The Morgan fingerprint density at radius 1 is 0.980 bits per heavy atom. The number of esters is 1. The van der Waals surface area contributed by atoms with Gasteiger partial charge in [-0.25, -0.2) is 0 Å². The molecule has 2 N–H and O–H groups in total. The van der Waals surface area contributed by atoms with Gasteiger partial charge in [0.1, 0.15) is 5.56 Å². The maximum atomic E-state index is 13.6. The van der Waals surface area contributed by atoms with Crippen molar-refractivity contribution in [3.8, 4) is 0 Å². The molecule has 0 fully saturated rings. The Balaban J connectivity index is 0.00000625. The zero-order valence-electron chi connectivity index (χ0n) is 30.1. The minimum Gasteiger partial charge on any atom is -1.00 e. The molecule has 0 aliphatic heterocycles. The number of carbonyl (C=O) groups excluding carboxylic acids is 3. The maximum absolute atomic E-state index is 13.6. The number of rotatable bonds is 17. The number of aryl methyl sites for hydroxylation is 1. The van der Waals surface area contributed by atoms with Gasteiger partial charge in [-0.1, -0.05) is 42.6 Å². The fourth-order valence-corrected chi connectivity index (χ4v) is 5.76. The minimum atomic E-state index is -4.11. The topological polar surface area (TPSA) is 152 Å². The molecule has 3 aromatic rings. The van der Waals surface area contributed by atoms with Crippen LogP contribution in [0.15, 0.2) is 53.5 Å². The molecule has 0 bridgehead atoms. The molecule has 1 aromatic heterocycles. The molecule has 0 atom stereocenters. The van der Waals surface area contributed by atoms with Gasteiger partial charge >= 0.3 is 35.5 Å². The van der Waals surface area contributed by atoms with Crippen LogP contribution in [-0.2, 0) is 42.9 Å². The number of pyridine rings is 1. The molecular weight excluding hydrogens is 681 g/mol. The number of aromatic nitrogens is 1. The van der Waals surface area contributed by atoms with E-state index in [4.69, 9.17) is 20.9 Å². The third-order valence-corrected chi connectivity index (χ3v) is 8.86. The quantitative estimate of drug-likeness (QED) is 0.0933. The molecule has 14 heteroatoms. The summed E-state index contributed by atoms with van der Waals surface area (Å²) in [7, 11) is -2.62. The monoisotopic (exact) mass is 727 g/mol. The van der Waals surface area contributed by atoms with E-state index >= 15 is 0 Å². The molecule has 0 unspecified atom stereocenters. The van der Waals surface area contributed by atoms with E-state index in [0.717, 1.165) is 29.5 Å². The van der Waals surface area contributed by atoms with Crippen LogP contribution in [-0.4, -0.2) is 66.2 Å². The van der Waals surface area contributed by atoms with Crippen molar-refractivity contribution >= 4 is 50.4 Å². The number of hydrogen-bond donors (Lipinski definition) is 2. The summed E-state index contributed by atoms with van der Waals surface area (Å²) < 4.78 is 37.8. The van der Waals surface area contributed by atoms with Crippen molar-refractivity contribution in [3.63, 3.8) is 0 Å². The van der Waals surface area contributed by atoms with Crippen molar-refractivity contribution in [3.05, 3.63) is 80.6 Å². The second-order valence-corrected chi connectivity index (χ2v) is 14.9. The number of ether oxygens (including phenoxy) is 1. The summed E-state index contributed by atoms with van der Waals surface area (Å²) in [4.78, 5) is 52.3. The molecule has 2 aromatic carbocycles. The SMILES string of the molecule is CN(CCS(=O)(=O)O)C(=O)CCCCCCC(=O)OCCCc1ccc2c(c1)c(=O)c(C(=O)NCc1ccc(Cl)cc1)cn2C(C)(C)C.[H-].[Na+]. The number of fused-ring (bicyclic) bond motifs is 1. The molecule has 0 saturated heterocycles. The van der Waals surface area contributed by atoms with Crippen molar-refractivity contribution in [1.82, 2.24) is 14.8 Å². The standard InChI is InChI=1S/C35H46ClN3O8S.Na.H/c1-35(2,3)39-24-29(34(43)37-23-26-13-16-27(36)17-14-26)33(42)28-22-25(15-18-30(28)39)10-9-20-47-32(41)12-8-6-5-7-11-31(40)38(4)19-21-48(44,45)46;;/h13-18,22,24H,5-12,19-21,23H2,1-4H3,(H,37,43)(H,44,45,46);;/q;+1;-1. The van der Waals surface area contributed by atoms with Gasteiger partial charge in [-0.05, 0) is 81.8 Å². The summed E-state index contributed by atoms with van der Waals surface area (Å²) in [5.41, 5.74) is 1.81. The molecule has 3 rings (SSSR count). The summed E-state index contributed by atoms with van der Waals surface area (Å²) in [5, 5.41) is 3.89. The van der Waals surface area contributed by atoms with Gasteiger partial charge in [0.05, 0.1) is 17.9 Å².